The highest BCUT2D eigenvalue weighted by molar-refractivity contribution is 7.89. The molecule has 6 N–H and O–H groups in total. The first-order valence-electron chi connectivity index (χ1n) is 8.11. The molecular formula is C18H19N5O3S. The fourth-order valence-corrected chi connectivity index (χ4v) is 3.07. The molecule has 0 bridgehead atoms. The van der Waals surface area contributed by atoms with Gasteiger partial charge in [0.05, 0.1) is 10.6 Å². The molecule has 0 saturated carbocycles. The van der Waals surface area contributed by atoms with Gasteiger partial charge in [-0.2, -0.15) is 4.98 Å². The number of nitrogen functional groups attached to an aromatic ring is 1. The van der Waals surface area contributed by atoms with Crippen LogP contribution in [0.5, 0.6) is 5.75 Å². The van der Waals surface area contributed by atoms with Crippen molar-refractivity contribution in [3.05, 3.63) is 60.2 Å². The van der Waals surface area contributed by atoms with Crippen LogP contribution in [0.25, 0.3) is 11.3 Å². The van der Waals surface area contributed by atoms with Gasteiger partial charge in [-0.05, 0) is 36.2 Å². The van der Waals surface area contributed by atoms with E-state index >= 15 is 0 Å². The van der Waals surface area contributed by atoms with Gasteiger partial charge in [-0.1, -0.05) is 24.3 Å². The summed E-state index contributed by atoms with van der Waals surface area (Å²) in [5.41, 5.74) is 8.05. The topological polar surface area (TPSA) is 144 Å². The van der Waals surface area contributed by atoms with Crippen molar-refractivity contribution in [2.75, 3.05) is 17.6 Å². The molecule has 0 amide bonds. The summed E-state index contributed by atoms with van der Waals surface area (Å²) in [6, 6.07) is 14.9. The van der Waals surface area contributed by atoms with E-state index in [1.807, 2.05) is 6.07 Å². The maximum atomic E-state index is 11.3. The van der Waals surface area contributed by atoms with Gasteiger partial charge >= 0.3 is 0 Å². The van der Waals surface area contributed by atoms with Gasteiger partial charge in [0.25, 0.3) is 0 Å². The third-order valence-electron chi connectivity index (χ3n) is 3.86. The van der Waals surface area contributed by atoms with E-state index in [2.05, 4.69) is 15.3 Å². The number of hydrogen-bond acceptors (Lipinski definition) is 7. The zero-order chi connectivity index (χ0) is 19.4. The number of primary sulfonamides is 1. The maximum absolute atomic E-state index is 11.3. The first-order valence-corrected chi connectivity index (χ1v) is 9.65. The number of nitrogens with two attached hydrogens (primary N) is 2. The van der Waals surface area contributed by atoms with Crippen LogP contribution in [0.1, 0.15) is 5.56 Å². The lowest BCUT2D eigenvalue weighted by Crippen LogP contribution is -2.12. The Balaban J connectivity index is 1.68. The SMILES string of the molecule is Nc1nc(NCCc2ccc(S(N)(=O)=O)cc2)cc(-c2cccc(O)c2)n1. The third-order valence-corrected chi connectivity index (χ3v) is 4.79. The highest BCUT2D eigenvalue weighted by atomic mass is 32.2. The number of nitrogens with zero attached hydrogens (tertiary/aromatic N) is 2. The van der Waals surface area contributed by atoms with Crippen molar-refractivity contribution in [3.63, 3.8) is 0 Å². The van der Waals surface area contributed by atoms with Crippen LogP contribution in [0.3, 0.4) is 0 Å². The molecule has 1 heterocycles. The van der Waals surface area contributed by atoms with Crippen LogP contribution in [0.4, 0.5) is 11.8 Å². The Morgan fingerprint density at radius 2 is 1.78 bits per heavy atom. The minimum Gasteiger partial charge on any atom is -0.508 e. The molecule has 8 nitrogen and oxygen atoms in total. The molecule has 27 heavy (non-hydrogen) atoms. The highest BCUT2D eigenvalue weighted by Crippen LogP contribution is 2.24. The number of anilines is 2. The summed E-state index contributed by atoms with van der Waals surface area (Å²) in [5, 5.41) is 17.9. The van der Waals surface area contributed by atoms with E-state index in [1.54, 1.807) is 36.4 Å². The molecule has 0 aliphatic carbocycles. The fourth-order valence-electron chi connectivity index (χ4n) is 2.55. The minimum atomic E-state index is -3.69. The van der Waals surface area contributed by atoms with Crippen LogP contribution in [-0.2, 0) is 16.4 Å². The van der Waals surface area contributed by atoms with Gasteiger partial charge in [0.1, 0.15) is 11.6 Å². The molecule has 0 aliphatic rings. The molecule has 3 rings (SSSR count). The lowest BCUT2D eigenvalue weighted by Gasteiger charge is -2.09. The fraction of sp³-hybridized carbons (Fsp3) is 0.111. The maximum Gasteiger partial charge on any atom is 0.238 e. The van der Waals surface area contributed by atoms with Gasteiger partial charge < -0.3 is 16.2 Å². The van der Waals surface area contributed by atoms with E-state index in [0.29, 0.717) is 24.5 Å². The first-order chi connectivity index (χ1) is 12.8. The number of nitrogens with one attached hydrogen (secondary N) is 1. The van der Waals surface area contributed by atoms with Crippen LogP contribution >= 0.6 is 0 Å². The second-order valence-corrected chi connectivity index (χ2v) is 7.47. The van der Waals surface area contributed by atoms with Gasteiger partial charge in [0.2, 0.25) is 16.0 Å². The normalized spacial score (nSPS) is 11.3. The van der Waals surface area contributed by atoms with Gasteiger partial charge in [-0.25, -0.2) is 18.5 Å². The highest BCUT2D eigenvalue weighted by Gasteiger charge is 2.08. The predicted molar refractivity (Wildman–Crippen MR) is 104 cm³/mol. The van der Waals surface area contributed by atoms with E-state index in [1.165, 1.54) is 12.1 Å². The van der Waals surface area contributed by atoms with Crippen LogP contribution in [0.2, 0.25) is 0 Å². The number of aromatic nitrogens is 2. The minimum absolute atomic E-state index is 0.0820. The number of rotatable bonds is 6. The Labute approximate surface area is 156 Å². The lowest BCUT2D eigenvalue weighted by atomic mass is 10.1. The predicted octanol–water partition coefficient (Wildman–Crippen LogP) is 1.73. The van der Waals surface area contributed by atoms with Gasteiger partial charge in [0, 0.05) is 18.2 Å². The van der Waals surface area contributed by atoms with E-state index in [9.17, 15) is 13.5 Å². The second-order valence-electron chi connectivity index (χ2n) is 5.91. The largest absolute Gasteiger partial charge is 0.508 e. The number of phenolic OH excluding ortho intramolecular Hbond substituents is 1. The van der Waals surface area contributed by atoms with Crippen molar-refractivity contribution in [2.45, 2.75) is 11.3 Å². The summed E-state index contributed by atoms with van der Waals surface area (Å²) in [6.45, 7) is 0.560. The van der Waals surface area contributed by atoms with E-state index in [-0.39, 0.29) is 16.6 Å². The zero-order valence-corrected chi connectivity index (χ0v) is 15.1. The molecule has 3 aromatic rings. The molecule has 0 atom stereocenters. The average molecular weight is 385 g/mol. The van der Waals surface area contributed by atoms with Gasteiger partial charge in [0.15, 0.2) is 0 Å². The smallest absolute Gasteiger partial charge is 0.238 e. The van der Waals surface area contributed by atoms with Crippen molar-refractivity contribution in [1.29, 1.82) is 0 Å². The number of sulfonamides is 1. The van der Waals surface area contributed by atoms with E-state index in [4.69, 9.17) is 10.9 Å². The Morgan fingerprint density at radius 3 is 2.44 bits per heavy atom. The number of phenols is 1. The Morgan fingerprint density at radius 1 is 1.04 bits per heavy atom. The molecule has 0 unspecified atom stereocenters. The molecule has 0 spiro atoms. The van der Waals surface area contributed by atoms with Crippen molar-refractivity contribution < 1.29 is 13.5 Å². The number of benzene rings is 2. The van der Waals surface area contributed by atoms with Crippen LogP contribution in [-0.4, -0.2) is 30.0 Å². The molecule has 0 radical (unpaired) electrons. The van der Waals surface area contributed by atoms with Crippen LogP contribution in [0, 0.1) is 0 Å². The number of hydrogen-bond donors (Lipinski definition) is 4. The first kappa shape index (κ1) is 18.6. The van der Waals surface area contributed by atoms with Gasteiger partial charge in [-0.3, -0.25) is 0 Å². The molecule has 9 heteroatoms. The van der Waals surface area contributed by atoms with Crippen molar-refractivity contribution in [1.82, 2.24) is 9.97 Å². The second kappa shape index (κ2) is 7.60. The standard InChI is InChI=1S/C18H19N5O3S/c19-18-22-16(13-2-1-3-14(24)10-13)11-17(23-18)21-9-8-12-4-6-15(7-5-12)27(20,25)26/h1-7,10-11,24H,8-9H2,(H2,20,25,26)(H3,19,21,22,23). The van der Waals surface area contributed by atoms with Crippen LogP contribution < -0.4 is 16.2 Å². The molecule has 2 aromatic carbocycles. The molecule has 140 valence electrons. The number of aromatic hydroxyl groups is 1. The summed E-state index contributed by atoms with van der Waals surface area (Å²) in [5.74, 6) is 0.819. The van der Waals surface area contributed by atoms with E-state index in [0.717, 1.165) is 11.1 Å². The zero-order valence-electron chi connectivity index (χ0n) is 14.3. The lowest BCUT2D eigenvalue weighted by molar-refractivity contribution is 0.475. The van der Waals surface area contributed by atoms with Crippen LogP contribution in [0.15, 0.2) is 59.5 Å². The molecule has 0 aliphatic heterocycles. The van der Waals surface area contributed by atoms with Gasteiger partial charge in [-0.15, -0.1) is 0 Å². The molecule has 0 saturated heterocycles. The Bertz CT molecular complexity index is 1050. The average Bonchev–Trinajstić information content (AvgIpc) is 2.61. The molecular weight excluding hydrogens is 366 g/mol. The monoisotopic (exact) mass is 385 g/mol. The summed E-state index contributed by atoms with van der Waals surface area (Å²) >= 11 is 0. The summed E-state index contributed by atoms with van der Waals surface area (Å²) in [4.78, 5) is 8.43. The van der Waals surface area contributed by atoms with Crippen molar-refractivity contribution >= 4 is 21.8 Å². The Kier molecular flexibility index (Phi) is 5.24. The van der Waals surface area contributed by atoms with Crippen molar-refractivity contribution in [3.8, 4) is 17.0 Å². The molecule has 1 aromatic heterocycles. The third kappa shape index (κ3) is 4.93. The molecule has 0 fully saturated rings. The summed E-state index contributed by atoms with van der Waals surface area (Å²) in [6.07, 6.45) is 0.649. The summed E-state index contributed by atoms with van der Waals surface area (Å²) in [7, 11) is -3.69. The quantitative estimate of drug-likeness (QED) is 0.506. The van der Waals surface area contributed by atoms with Crippen molar-refractivity contribution in [2.24, 2.45) is 5.14 Å². The van der Waals surface area contributed by atoms with E-state index < -0.39 is 10.0 Å². The summed E-state index contributed by atoms with van der Waals surface area (Å²) < 4.78 is 22.5. The Hall–Kier alpha value is -3.17.